The number of fused-ring (bicyclic) bond motifs is 1. The van der Waals surface area contributed by atoms with Crippen LogP contribution in [0, 0.1) is 23.2 Å². The van der Waals surface area contributed by atoms with E-state index in [2.05, 4.69) is 5.32 Å². The van der Waals surface area contributed by atoms with Crippen molar-refractivity contribution in [2.45, 2.75) is 32.1 Å². The summed E-state index contributed by atoms with van der Waals surface area (Å²) in [5, 5.41) is 4.33. The standard InChI is InChI=1S/C21H25N3O/c1-24(2)19-9-18(16-5-3-4-6-17(16)22-19)23-20(25)21-10-13-7-14(11-21)15(8-13)12-21/h3-6,9,13-15H,7-8,10-12H2,1-2H3,(H,22,23,25). The first kappa shape index (κ1) is 15.2. The summed E-state index contributed by atoms with van der Waals surface area (Å²) in [4.78, 5) is 20.0. The van der Waals surface area contributed by atoms with Crippen LogP contribution in [0.15, 0.2) is 30.3 Å². The van der Waals surface area contributed by atoms with E-state index >= 15 is 0 Å². The predicted molar refractivity (Wildman–Crippen MR) is 101 cm³/mol. The molecule has 6 rings (SSSR count). The van der Waals surface area contributed by atoms with Crippen LogP contribution >= 0.6 is 0 Å². The molecule has 0 radical (unpaired) electrons. The molecule has 130 valence electrons. The van der Waals surface area contributed by atoms with Gasteiger partial charge in [-0.1, -0.05) is 18.2 Å². The van der Waals surface area contributed by atoms with Crippen molar-refractivity contribution in [2.24, 2.45) is 23.2 Å². The van der Waals surface area contributed by atoms with Gasteiger partial charge in [0.2, 0.25) is 5.91 Å². The Hall–Kier alpha value is -2.10. The summed E-state index contributed by atoms with van der Waals surface area (Å²) in [5.74, 6) is 3.51. The number of nitrogens with one attached hydrogen (secondary N) is 1. The molecular formula is C21H25N3O. The second-order valence-corrected chi connectivity index (χ2v) is 8.64. The first-order valence-electron chi connectivity index (χ1n) is 9.43. The monoisotopic (exact) mass is 335 g/mol. The fraction of sp³-hybridized carbons (Fsp3) is 0.524. The van der Waals surface area contributed by atoms with Crippen molar-refractivity contribution in [3.63, 3.8) is 0 Å². The Labute approximate surface area is 148 Å². The van der Waals surface area contributed by atoms with Gasteiger partial charge in [-0.2, -0.15) is 0 Å². The Morgan fingerprint density at radius 3 is 2.56 bits per heavy atom. The van der Waals surface area contributed by atoms with Crippen LogP contribution in [-0.2, 0) is 4.79 Å². The Kier molecular flexibility index (Phi) is 3.16. The van der Waals surface area contributed by atoms with Crippen molar-refractivity contribution in [3.8, 4) is 0 Å². The number of benzene rings is 1. The third-order valence-electron chi connectivity index (χ3n) is 6.81. The van der Waals surface area contributed by atoms with E-state index in [-0.39, 0.29) is 11.3 Å². The van der Waals surface area contributed by atoms with Crippen molar-refractivity contribution >= 4 is 28.3 Å². The van der Waals surface area contributed by atoms with Crippen molar-refractivity contribution in [1.29, 1.82) is 0 Å². The van der Waals surface area contributed by atoms with E-state index in [9.17, 15) is 4.79 Å². The number of pyridine rings is 1. The summed E-state index contributed by atoms with van der Waals surface area (Å²) in [6.07, 6.45) is 6.02. The molecule has 1 N–H and O–H groups in total. The van der Waals surface area contributed by atoms with E-state index in [4.69, 9.17) is 4.98 Å². The lowest BCUT2D eigenvalue weighted by Gasteiger charge is -2.37. The van der Waals surface area contributed by atoms with Gasteiger partial charge in [-0.05, 0) is 55.9 Å². The molecule has 1 heterocycles. The van der Waals surface area contributed by atoms with E-state index < -0.39 is 0 Å². The smallest absolute Gasteiger partial charge is 0.230 e. The zero-order valence-electron chi connectivity index (χ0n) is 15.0. The SMILES string of the molecule is CN(C)c1cc(NC(=O)C23CC4CC(C2)C(C4)C3)c2ccccc2n1. The zero-order chi connectivity index (χ0) is 17.2. The first-order chi connectivity index (χ1) is 12.0. The van der Waals surface area contributed by atoms with Gasteiger partial charge in [-0.15, -0.1) is 0 Å². The van der Waals surface area contributed by atoms with Gasteiger partial charge in [-0.25, -0.2) is 4.98 Å². The molecular weight excluding hydrogens is 310 g/mol. The van der Waals surface area contributed by atoms with Gasteiger partial charge in [0.25, 0.3) is 0 Å². The third kappa shape index (κ3) is 2.26. The number of amides is 1. The van der Waals surface area contributed by atoms with Crippen LogP contribution in [0.3, 0.4) is 0 Å². The van der Waals surface area contributed by atoms with Crippen molar-refractivity contribution < 1.29 is 4.79 Å². The van der Waals surface area contributed by atoms with Crippen LogP contribution in [0.1, 0.15) is 32.1 Å². The number of hydrogen-bond acceptors (Lipinski definition) is 3. The fourth-order valence-corrected chi connectivity index (χ4v) is 5.84. The maximum absolute atomic E-state index is 13.3. The highest BCUT2D eigenvalue weighted by molar-refractivity contribution is 6.04. The average molecular weight is 335 g/mol. The zero-order valence-corrected chi connectivity index (χ0v) is 15.0. The van der Waals surface area contributed by atoms with Gasteiger partial charge in [0.05, 0.1) is 16.6 Å². The van der Waals surface area contributed by atoms with Crippen LogP contribution in [-0.4, -0.2) is 25.0 Å². The number of anilines is 2. The number of nitrogens with zero attached hydrogens (tertiary/aromatic N) is 2. The fourth-order valence-electron chi connectivity index (χ4n) is 5.84. The summed E-state index contributed by atoms with van der Waals surface area (Å²) >= 11 is 0. The summed E-state index contributed by atoms with van der Waals surface area (Å²) in [6, 6.07) is 10.1. The first-order valence-corrected chi connectivity index (χ1v) is 9.43. The van der Waals surface area contributed by atoms with Gasteiger partial charge in [0.15, 0.2) is 0 Å². The second kappa shape index (κ2) is 5.20. The van der Waals surface area contributed by atoms with E-state index in [0.29, 0.717) is 0 Å². The maximum atomic E-state index is 13.3. The van der Waals surface area contributed by atoms with E-state index in [1.54, 1.807) is 0 Å². The minimum absolute atomic E-state index is 0.112. The molecule has 1 amide bonds. The van der Waals surface area contributed by atoms with E-state index in [1.807, 2.05) is 49.3 Å². The van der Waals surface area contributed by atoms with Gasteiger partial charge in [-0.3, -0.25) is 4.79 Å². The Morgan fingerprint density at radius 1 is 1.16 bits per heavy atom. The Bertz CT molecular complexity index is 840. The molecule has 1 aromatic heterocycles. The lowest BCUT2D eigenvalue weighted by Crippen LogP contribution is -2.39. The molecule has 0 aliphatic heterocycles. The Morgan fingerprint density at radius 2 is 1.88 bits per heavy atom. The molecule has 25 heavy (non-hydrogen) atoms. The lowest BCUT2D eigenvalue weighted by molar-refractivity contribution is -0.128. The molecule has 4 bridgehead atoms. The Balaban J connectivity index is 1.51. The molecule has 2 aromatic rings. The highest BCUT2D eigenvalue weighted by Gasteiger charge is 2.59. The number of carbonyl (C=O) groups excluding carboxylic acids is 1. The molecule has 2 atom stereocenters. The summed E-state index contributed by atoms with van der Waals surface area (Å²) in [7, 11) is 3.97. The van der Waals surface area contributed by atoms with Gasteiger partial charge < -0.3 is 10.2 Å². The topological polar surface area (TPSA) is 45.2 Å². The van der Waals surface area contributed by atoms with Crippen LogP contribution in [0.2, 0.25) is 0 Å². The minimum atomic E-state index is -0.112. The highest BCUT2D eigenvalue weighted by atomic mass is 16.2. The minimum Gasteiger partial charge on any atom is -0.363 e. The van der Waals surface area contributed by atoms with Crippen molar-refractivity contribution in [1.82, 2.24) is 4.98 Å². The van der Waals surface area contributed by atoms with Crippen LogP contribution in [0.5, 0.6) is 0 Å². The molecule has 4 nitrogen and oxygen atoms in total. The number of para-hydroxylation sites is 1. The molecule has 2 unspecified atom stereocenters. The summed E-state index contributed by atoms with van der Waals surface area (Å²) < 4.78 is 0. The summed E-state index contributed by atoms with van der Waals surface area (Å²) in [5.41, 5.74) is 1.72. The van der Waals surface area contributed by atoms with Crippen molar-refractivity contribution in [3.05, 3.63) is 30.3 Å². The van der Waals surface area contributed by atoms with Crippen LogP contribution in [0.4, 0.5) is 11.5 Å². The van der Waals surface area contributed by atoms with E-state index in [1.165, 1.54) is 12.8 Å². The summed E-state index contributed by atoms with van der Waals surface area (Å²) in [6.45, 7) is 0. The molecule has 0 spiro atoms. The predicted octanol–water partition coefficient (Wildman–Crippen LogP) is 4.07. The largest absolute Gasteiger partial charge is 0.363 e. The van der Waals surface area contributed by atoms with Gasteiger partial charge in [0, 0.05) is 25.5 Å². The quantitative estimate of drug-likeness (QED) is 0.920. The third-order valence-corrected chi connectivity index (χ3v) is 6.81. The highest BCUT2D eigenvalue weighted by Crippen LogP contribution is 2.64. The molecule has 4 aliphatic rings. The van der Waals surface area contributed by atoms with E-state index in [0.717, 1.165) is 59.4 Å². The van der Waals surface area contributed by atoms with Crippen LogP contribution < -0.4 is 10.2 Å². The molecule has 1 aromatic carbocycles. The maximum Gasteiger partial charge on any atom is 0.230 e. The molecule has 4 saturated carbocycles. The van der Waals surface area contributed by atoms with Gasteiger partial charge in [0.1, 0.15) is 5.82 Å². The molecule has 4 heteroatoms. The lowest BCUT2D eigenvalue weighted by atomic mass is 9.69. The second-order valence-electron chi connectivity index (χ2n) is 8.64. The molecule has 4 aliphatic carbocycles. The number of hydrogen-bond donors (Lipinski definition) is 1. The number of rotatable bonds is 3. The molecule has 0 saturated heterocycles. The normalized spacial score (nSPS) is 32.3. The van der Waals surface area contributed by atoms with Crippen LogP contribution in [0.25, 0.3) is 10.9 Å². The average Bonchev–Trinajstić information content (AvgIpc) is 3.02. The van der Waals surface area contributed by atoms with Gasteiger partial charge >= 0.3 is 0 Å². The molecule has 4 fully saturated rings. The number of aromatic nitrogens is 1. The number of carbonyl (C=O) groups is 1. The van der Waals surface area contributed by atoms with Crippen molar-refractivity contribution in [2.75, 3.05) is 24.3 Å².